The van der Waals surface area contributed by atoms with Gasteiger partial charge in [0.15, 0.2) is 0 Å². The number of rotatable bonds is 5. The molecule has 0 aliphatic carbocycles. The summed E-state index contributed by atoms with van der Waals surface area (Å²) in [5, 5.41) is 12.7. The van der Waals surface area contributed by atoms with Gasteiger partial charge in [-0.1, -0.05) is 18.7 Å². The smallest absolute Gasteiger partial charge is 0.422 e. The van der Waals surface area contributed by atoms with Gasteiger partial charge in [0, 0.05) is 12.1 Å². The third kappa shape index (κ3) is 3.35. The largest absolute Gasteiger partial charge is 0.497 e. The topological polar surface area (TPSA) is 91.2 Å². The van der Waals surface area contributed by atoms with Gasteiger partial charge in [-0.05, 0) is 24.1 Å². The van der Waals surface area contributed by atoms with E-state index in [0.717, 1.165) is 0 Å². The maximum Gasteiger partial charge on any atom is 0.422 e. The zero-order chi connectivity index (χ0) is 19.5. The predicted octanol–water partition coefficient (Wildman–Crippen LogP) is 1.83. The second-order valence-electron chi connectivity index (χ2n) is 5.74. The number of halogens is 3. The van der Waals surface area contributed by atoms with Crippen molar-refractivity contribution in [3.63, 3.8) is 0 Å². The van der Waals surface area contributed by atoms with E-state index in [1.165, 1.54) is 13.2 Å². The molecule has 1 aliphatic rings. The first kappa shape index (κ1) is 19.3. The average molecular weight is 367 g/mol. The SMILES string of the molecule is C=C1NC(=O)[C@](NC(=O)CCc2ccc(OC)cc2)(C(F)(F)F)[C@H]1C#N. The maximum absolute atomic E-state index is 13.6. The van der Waals surface area contributed by atoms with Crippen LogP contribution in [0.15, 0.2) is 36.5 Å². The summed E-state index contributed by atoms with van der Waals surface area (Å²) >= 11 is 0. The van der Waals surface area contributed by atoms with E-state index >= 15 is 0 Å². The molecule has 0 saturated carbocycles. The van der Waals surface area contributed by atoms with Crippen LogP contribution in [0.25, 0.3) is 0 Å². The second kappa shape index (κ2) is 7.07. The van der Waals surface area contributed by atoms with Gasteiger partial charge in [0.25, 0.3) is 5.91 Å². The van der Waals surface area contributed by atoms with Crippen molar-refractivity contribution < 1.29 is 27.5 Å². The van der Waals surface area contributed by atoms with Crippen LogP contribution < -0.4 is 15.4 Å². The Bertz CT molecular complexity index is 768. The Labute approximate surface area is 147 Å². The predicted molar refractivity (Wildman–Crippen MR) is 84.6 cm³/mol. The summed E-state index contributed by atoms with van der Waals surface area (Å²) < 4.78 is 45.8. The highest BCUT2D eigenvalue weighted by Crippen LogP contribution is 2.42. The van der Waals surface area contributed by atoms with Crippen molar-refractivity contribution in [1.29, 1.82) is 5.26 Å². The Morgan fingerprint density at radius 2 is 2.04 bits per heavy atom. The van der Waals surface area contributed by atoms with Crippen molar-refractivity contribution >= 4 is 11.8 Å². The van der Waals surface area contributed by atoms with Crippen LogP contribution in [0.2, 0.25) is 0 Å². The van der Waals surface area contributed by atoms with Crippen LogP contribution in [-0.4, -0.2) is 30.6 Å². The fraction of sp³-hybridized carbons (Fsp3) is 0.353. The Hall–Kier alpha value is -3.02. The fourth-order valence-electron chi connectivity index (χ4n) is 2.71. The van der Waals surface area contributed by atoms with Crippen LogP contribution in [0, 0.1) is 17.2 Å². The van der Waals surface area contributed by atoms with Crippen LogP contribution in [0.4, 0.5) is 13.2 Å². The van der Waals surface area contributed by atoms with Crippen LogP contribution in [0.1, 0.15) is 12.0 Å². The van der Waals surface area contributed by atoms with E-state index < -0.39 is 35.1 Å². The van der Waals surface area contributed by atoms with E-state index in [1.807, 2.05) is 5.32 Å². The number of ether oxygens (including phenoxy) is 1. The molecule has 0 bridgehead atoms. The number of hydrogen-bond acceptors (Lipinski definition) is 4. The summed E-state index contributed by atoms with van der Waals surface area (Å²) in [7, 11) is 1.49. The molecule has 2 atom stereocenters. The van der Waals surface area contributed by atoms with Gasteiger partial charge in [-0.2, -0.15) is 18.4 Å². The lowest BCUT2D eigenvalue weighted by Crippen LogP contribution is -2.66. The summed E-state index contributed by atoms with van der Waals surface area (Å²) in [6.45, 7) is 3.27. The number of amides is 2. The molecule has 0 unspecified atom stereocenters. The summed E-state index contributed by atoms with van der Waals surface area (Å²) in [5.41, 5.74) is -3.03. The van der Waals surface area contributed by atoms with Gasteiger partial charge in [0.1, 0.15) is 11.7 Å². The number of methoxy groups -OCH3 is 1. The highest BCUT2D eigenvalue weighted by atomic mass is 19.4. The van der Waals surface area contributed by atoms with Gasteiger partial charge in [0.05, 0.1) is 13.2 Å². The molecule has 2 rings (SSSR count). The summed E-state index contributed by atoms with van der Waals surface area (Å²) in [4.78, 5) is 24.0. The summed E-state index contributed by atoms with van der Waals surface area (Å²) in [5.74, 6) is -3.85. The molecular weight excluding hydrogens is 351 g/mol. The molecule has 1 heterocycles. The zero-order valence-electron chi connectivity index (χ0n) is 13.8. The number of nitrogens with one attached hydrogen (secondary N) is 2. The Morgan fingerprint density at radius 1 is 1.42 bits per heavy atom. The molecule has 0 spiro atoms. The van der Waals surface area contributed by atoms with Crippen molar-refractivity contribution in [1.82, 2.24) is 10.6 Å². The molecule has 0 radical (unpaired) electrons. The van der Waals surface area contributed by atoms with E-state index in [-0.39, 0.29) is 12.8 Å². The zero-order valence-corrected chi connectivity index (χ0v) is 13.8. The molecule has 1 aromatic carbocycles. The van der Waals surface area contributed by atoms with Gasteiger partial charge in [-0.25, -0.2) is 0 Å². The number of benzene rings is 1. The average Bonchev–Trinajstić information content (AvgIpc) is 2.83. The van der Waals surface area contributed by atoms with Crippen LogP contribution in [-0.2, 0) is 16.0 Å². The monoisotopic (exact) mass is 367 g/mol. The highest BCUT2D eigenvalue weighted by molar-refractivity contribution is 5.97. The molecule has 1 aliphatic heterocycles. The Kier molecular flexibility index (Phi) is 5.25. The third-order valence-corrected chi connectivity index (χ3v) is 4.13. The standard InChI is InChI=1S/C17H16F3N3O3/c1-10-13(9-21)16(15(25)22-10,17(18,19)20)23-14(24)8-5-11-3-6-12(26-2)7-4-11/h3-4,6-7,13H,1,5,8H2,2H3,(H,22,25)(H,23,24)/t13-,16-/m0/s1. The highest BCUT2D eigenvalue weighted by Gasteiger charge is 2.70. The molecule has 2 amide bonds. The molecule has 0 aromatic heterocycles. The minimum Gasteiger partial charge on any atom is -0.497 e. The van der Waals surface area contributed by atoms with Crippen molar-refractivity contribution in [2.45, 2.75) is 24.6 Å². The number of nitriles is 1. The lowest BCUT2D eigenvalue weighted by Gasteiger charge is -2.32. The van der Waals surface area contributed by atoms with E-state index in [0.29, 0.717) is 11.3 Å². The summed E-state index contributed by atoms with van der Waals surface area (Å²) in [6, 6.07) is 8.07. The lowest BCUT2D eigenvalue weighted by molar-refractivity contribution is -0.202. The van der Waals surface area contributed by atoms with E-state index in [1.54, 1.807) is 29.6 Å². The first-order chi connectivity index (χ1) is 12.2. The van der Waals surface area contributed by atoms with Crippen molar-refractivity contribution in [3.8, 4) is 11.8 Å². The Morgan fingerprint density at radius 3 is 2.54 bits per heavy atom. The van der Waals surface area contributed by atoms with Gasteiger partial charge in [-0.3, -0.25) is 9.59 Å². The number of nitrogens with zero attached hydrogens (tertiary/aromatic N) is 1. The van der Waals surface area contributed by atoms with Crippen LogP contribution in [0.5, 0.6) is 5.75 Å². The molecule has 1 aromatic rings. The lowest BCUT2D eigenvalue weighted by atomic mass is 9.85. The van der Waals surface area contributed by atoms with Crippen molar-refractivity contribution in [3.05, 3.63) is 42.1 Å². The number of hydrogen-bond donors (Lipinski definition) is 2. The van der Waals surface area contributed by atoms with E-state index in [2.05, 4.69) is 6.58 Å². The minimum absolute atomic E-state index is 0.156. The van der Waals surface area contributed by atoms with Crippen LogP contribution in [0.3, 0.4) is 0 Å². The number of aryl methyl sites for hydroxylation is 1. The maximum atomic E-state index is 13.6. The quantitative estimate of drug-likeness (QED) is 0.831. The molecule has 9 heteroatoms. The molecule has 138 valence electrons. The van der Waals surface area contributed by atoms with Crippen molar-refractivity contribution in [2.75, 3.05) is 7.11 Å². The van der Waals surface area contributed by atoms with Crippen LogP contribution >= 0.6 is 0 Å². The molecular formula is C17H16F3N3O3. The van der Waals surface area contributed by atoms with Gasteiger partial charge in [0.2, 0.25) is 11.4 Å². The molecule has 26 heavy (non-hydrogen) atoms. The van der Waals surface area contributed by atoms with E-state index in [4.69, 9.17) is 10.00 Å². The van der Waals surface area contributed by atoms with Crippen molar-refractivity contribution in [2.24, 2.45) is 5.92 Å². The van der Waals surface area contributed by atoms with Gasteiger partial charge in [-0.15, -0.1) is 0 Å². The number of carbonyl (C=O) groups is 2. The first-order valence-corrected chi connectivity index (χ1v) is 7.56. The fourth-order valence-corrected chi connectivity index (χ4v) is 2.71. The number of carbonyl (C=O) groups excluding carboxylic acids is 2. The normalized spacial score (nSPS) is 22.5. The minimum atomic E-state index is -5.16. The number of alkyl halides is 3. The molecule has 1 fully saturated rings. The third-order valence-electron chi connectivity index (χ3n) is 4.13. The Balaban J connectivity index is 2.16. The second-order valence-corrected chi connectivity index (χ2v) is 5.74. The van der Waals surface area contributed by atoms with E-state index in [9.17, 15) is 22.8 Å². The molecule has 1 saturated heterocycles. The molecule has 6 nitrogen and oxygen atoms in total. The summed E-state index contributed by atoms with van der Waals surface area (Å²) in [6.07, 6.45) is -5.29. The van der Waals surface area contributed by atoms with Gasteiger partial charge < -0.3 is 15.4 Å². The molecule has 2 N–H and O–H groups in total. The van der Waals surface area contributed by atoms with Gasteiger partial charge >= 0.3 is 6.18 Å². The first-order valence-electron chi connectivity index (χ1n) is 7.56.